The van der Waals surface area contributed by atoms with Crippen LogP contribution < -0.4 is 10.6 Å². The highest BCUT2D eigenvalue weighted by molar-refractivity contribution is 7.89. The Labute approximate surface area is 171 Å². The van der Waals surface area contributed by atoms with E-state index in [1.807, 2.05) is 30.3 Å². The fourth-order valence-corrected chi connectivity index (χ4v) is 4.96. The summed E-state index contributed by atoms with van der Waals surface area (Å²) in [6.07, 6.45) is 1.76. The van der Waals surface area contributed by atoms with E-state index in [-0.39, 0.29) is 23.1 Å². The minimum atomic E-state index is -3.55. The number of hydrogen-bond donors (Lipinski definition) is 2. The molecule has 1 saturated heterocycles. The van der Waals surface area contributed by atoms with Gasteiger partial charge in [-0.3, -0.25) is 9.59 Å². The number of sulfonamides is 1. The lowest BCUT2D eigenvalue weighted by atomic mass is 10.0. The molecule has 1 heterocycles. The third-order valence-electron chi connectivity index (χ3n) is 4.79. The highest BCUT2D eigenvalue weighted by Crippen LogP contribution is 2.24. The third kappa shape index (κ3) is 5.42. The Morgan fingerprint density at radius 3 is 2.38 bits per heavy atom. The highest BCUT2D eigenvalue weighted by atomic mass is 32.2. The average molecular weight is 416 g/mol. The molecule has 1 aliphatic rings. The molecule has 154 valence electrons. The van der Waals surface area contributed by atoms with E-state index < -0.39 is 16.1 Å². The third-order valence-corrected chi connectivity index (χ3v) is 6.68. The monoisotopic (exact) mass is 415 g/mol. The molecule has 0 aromatic heterocycles. The van der Waals surface area contributed by atoms with Crippen molar-refractivity contribution in [2.45, 2.75) is 37.1 Å². The molecule has 0 spiro atoms. The van der Waals surface area contributed by atoms with Crippen molar-refractivity contribution in [3.63, 3.8) is 0 Å². The van der Waals surface area contributed by atoms with E-state index in [9.17, 15) is 18.0 Å². The topological polar surface area (TPSA) is 95.6 Å². The fraction of sp³-hybridized carbons (Fsp3) is 0.333. The van der Waals surface area contributed by atoms with Crippen LogP contribution in [0.4, 0.5) is 5.69 Å². The number of anilines is 1. The largest absolute Gasteiger partial charge is 0.349 e. The molecule has 3 rings (SSSR count). The van der Waals surface area contributed by atoms with Crippen LogP contribution in [0.5, 0.6) is 0 Å². The summed E-state index contributed by atoms with van der Waals surface area (Å²) in [4.78, 5) is 24.3. The van der Waals surface area contributed by atoms with Crippen LogP contribution in [0, 0.1) is 0 Å². The quantitative estimate of drug-likeness (QED) is 0.727. The van der Waals surface area contributed by atoms with Crippen molar-refractivity contribution in [3.05, 3.63) is 60.2 Å². The summed E-state index contributed by atoms with van der Waals surface area (Å²) in [5.41, 5.74) is 1.23. The zero-order valence-electron chi connectivity index (χ0n) is 16.3. The molecule has 2 aromatic carbocycles. The van der Waals surface area contributed by atoms with E-state index in [1.54, 1.807) is 12.1 Å². The number of carbonyl (C=O) groups is 2. The molecule has 0 bridgehead atoms. The van der Waals surface area contributed by atoms with Gasteiger partial charge in [-0.15, -0.1) is 0 Å². The number of nitrogens with zero attached hydrogens (tertiary/aromatic N) is 1. The molecule has 2 N–H and O–H groups in total. The van der Waals surface area contributed by atoms with Gasteiger partial charge in [0.2, 0.25) is 21.8 Å². The van der Waals surface area contributed by atoms with Crippen LogP contribution in [-0.2, 0) is 19.6 Å². The van der Waals surface area contributed by atoms with Gasteiger partial charge in [0.15, 0.2) is 0 Å². The molecule has 0 saturated carbocycles. The van der Waals surface area contributed by atoms with Crippen molar-refractivity contribution < 1.29 is 18.0 Å². The molecule has 8 heteroatoms. The maximum Gasteiger partial charge on any atom is 0.243 e. The van der Waals surface area contributed by atoms with Crippen molar-refractivity contribution in [3.8, 4) is 0 Å². The van der Waals surface area contributed by atoms with Gasteiger partial charge in [0.05, 0.1) is 17.4 Å². The molecule has 0 unspecified atom stereocenters. The molecule has 1 aliphatic heterocycles. The normalized spacial score (nSPS) is 15.6. The maximum atomic E-state index is 12.7. The Balaban J connectivity index is 1.72. The van der Waals surface area contributed by atoms with Gasteiger partial charge in [-0.1, -0.05) is 36.4 Å². The Morgan fingerprint density at radius 2 is 1.72 bits per heavy atom. The van der Waals surface area contributed by atoms with Crippen LogP contribution in [0.25, 0.3) is 0 Å². The Kier molecular flexibility index (Phi) is 6.66. The van der Waals surface area contributed by atoms with E-state index in [0.29, 0.717) is 18.8 Å². The molecule has 1 fully saturated rings. The molecule has 1 atom stereocenters. The summed E-state index contributed by atoms with van der Waals surface area (Å²) in [7, 11) is -3.55. The fourth-order valence-electron chi connectivity index (χ4n) is 3.39. The molecule has 7 nitrogen and oxygen atoms in total. The zero-order chi connectivity index (χ0) is 20.9. The number of rotatable bonds is 7. The van der Waals surface area contributed by atoms with E-state index in [2.05, 4.69) is 10.6 Å². The van der Waals surface area contributed by atoms with Crippen molar-refractivity contribution >= 4 is 27.5 Å². The van der Waals surface area contributed by atoms with Gasteiger partial charge in [0.25, 0.3) is 0 Å². The van der Waals surface area contributed by atoms with E-state index >= 15 is 0 Å². The van der Waals surface area contributed by atoms with E-state index in [0.717, 1.165) is 18.4 Å². The lowest BCUT2D eigenvalue weighted by Gasteiger charge is -2.19. The van der Waals surface area contributed by atoms with Crippen LogP contribution in [-0.4, -0.2) is 37.6 Å². The second-order valence-electron chi connectivity index (χ2n) is 7.06. The first-order valence-corrected chi connectivity index (χ1v) is 11.0. The molecule has 29 heavy (non-hydrogen) atoms. The van der Waals surface area contributed by atoms with Crippen molar-refractivity contribution in [2.24, 2.45) is 0 Å². The molecule has 2 amide bonds. The van der Waals surface area contributed by atoms with Crippen molar-refractivity contribution in [1.29, 1.82) is 0 Å². The van der Waals surface area contributed by atoms with Crippen LogP contribution in [0.15, 0.2) is 59.5 Å². The van der Waals surface area contributed by atoms with E-state index in [1.165, 1.54) is 23.4 Å². The molecular formula is C21H25N3O4S. The first kappa shape index (κ1) is 21.0. The predicted octanol–water partition coefficient (Wildman–Crippen LogP) is 2.68. The van der Waals surface area contributed by atoms with Crippen molar-refractivity contribution in [2.75, 3.05) is 18.4 Å². The minimum absolute atomic E-state index is 0.0344. The number of nitrogens with one attached hydrogen (secondary N) is 2. The Bertz CT molecular complexity index is 970. The standard InChI is InChI=1S/C21H25N3O4S/c1-16(25)22-20(17-8-3-2-4-9-17)15-21(26)23-18-10-7-11-19(14-18)29(27,28)24-12-5-6-13-24/h2-4,7-11,14,20H,5-6,12-13,15H2,1H3,(H,22,25)(H,23,26)/t20-/m1/s1. The molecule has 2 aromatic rings. The maximum absolute atomic E-state index is 12.7. The summed E-state index contributed by atoms with van der Waals surface area (Å²) in [6.45, 7) is 2.45. The van der Waals surface area contributed by atoms with Gasteiger partial charge in [-0.05, 0) is 36.6 Å². The SMILES string of the molecule is CC(=O)N[C@H](CC(=O)Nc1cccc(S(=O)(=O)N2CCCC2)c1)c1ccccc1. The van der Waals surface area contributed by atoms with Crippen molar-refractivity contribution in [1.82, 2.24) is 9.62 Å². The number of carbonyl (C=O) groups excluding carboxylic acids is 2. The zero-order valence-corrected chi connectivity index (χ0v) is 17.1. The lowest BCUT2D eigenvalue weighted by Crippen LogP contribution is -2.30. The predicted molar refractivity (Wildman–Crippen MR) is 111 cm³/mol. The smallest absolute Gasteiger partial charge is 0.243 e. The summed E-state index contributed by atoms with van der Waals surface area (Å²) in [6, 6.07) is 15.0. The molecule has 0 aliphatic carbocycles. The Hall–Kier alpha value is -2.71. The van der Waals surface area contributed by atoms with Gasteiger partial charge in [-0.25, -0.2) is 8.42 Å². The van der Waals surface area contributed by atoms with Crippen LogP contribution in [0.2, 0.25) is 0 Å². The van der Waals surface area contributed by atoms with Crippen LogP contribution in [0.3, 0.4) is 0 Å². The van der Waals surface area contributed by atoms with Gasteiger partial charge < -0.3 is 10.6 Å². The number of amides is 2. The first-order valence-electron chi connectivity index (χ1n) is 9.58. The minimum Gasteiger partial charge on any atom is -0.349 e. The summed E-state index contributed by atoms with van der Waals surface area (Å²) >= 11 is 0. The second-order valence-corrected chi connectivity index (χ2v) is 8.99. The second kappa shape index (κ2) is 9.19. The van der Waals surface area contributed by atoms with Gasteiger partial charge in [0, 0.05) is 25.7 Å². The highest BCUT2D eigenvalue weighted by Gasteiger charge is 2.27. The number of hydrogen-bond acceptors (Lipinski definition) is 4. The number of benzene rings is 2. The van der Waals surface area contributed by atoms with E-state index in [4.69, 9.17) is 0 Å². The summed E-state index contributed by atoms with van der Waals surface area (Å²) in [5, 5.41) is 5.53. The summed E-state index contributed by atoms with van der Waals surface area (Å²) < 4.78 is 26.9. The first-order chi connectivity index (χ1) is 13.9. The molecular weight excluding hydrogens is 390 g/mol. The summed E-state index contributed by atoms with van der Waals surface area (Å²) in [5.74, 6) is -0.548. The van der Waals surface area contributed by atoms with Crippen LogP contribution >= 0.6 is 0 Å². The van der Waals surface area contributed by atoms with Gasteiger partial charge >= 0.3 is 0 Å². The average Bonchev–Trinajstić information content (AvgIpc) is 3.24. The van der Waals surface area contributed by atoms with Crippen LogP contribution in [0.1, 0.15) is 37.8 Å². The Morgan fingerprint density at radius 1 is 1.03 bits per heavy atom. The van der Waals surface area contributed by atoms with Gasteiger partial charge in [0.1, 0.15) is 0 Å². The molecule has 0 radical (unpaired) electrons. The lowest BCUT2D eigenvalue weighted by molar-refractivity contribution is -0.120. The van der Waals surface area contributed by atoms with Gasteiger partial charge in [-0.2, -0.15) is 4.31 Å².